The predicted octanol–water partition coefficient (Wildman–Crippen LogP) is 3.49. The molecule has 0 spiro atoms. The second kappa shape index (κ2) is 4.80. The standard InChI is InChI=1S/C14H15NOS/c1-9-4-5-12(6-10(9)2)7-13(16)14-8-15-11(3)17-14/h4-6,8H,7H2,1-3H3. The molecule has 2 nitrogen and oxygen atoms in total. The number of hydrogen-bond donors (Lipinski definition) is 0. The first kappa shape index (κ1) is 12.0. The highest BCUT2D eigenvalue weighted by Crippen LogP contribution is 2.16. The largest absolute Gasteiger partial charge is 0.293 e. The Morgan fingerprint density at radius 1 is 1.24 bits per heavy atom. The van der Waals surface area contributed by atoms with Crippen LogP contribution in [0.15, 0.2) is 24.4 Å². The van der Waals surface area contributed by atoms with Crippen molar-refractivity contribution >= 4 is 17.1 Å². The number of ketones is 1. The van der Waals surface area contributed by atoms with Gasteiger partial charge in [0.05, 0.1) is 9.88 Å². The highest BCUT2D eigenvalue weighted by atomic mass is 32.1. The molecule has 1 heterocycles. The zero-order chi connectivity index (χ0) is 12.4. The SMILES string of the molecule is Cc1ncc(C(=O)Cc2ccc(C)c(C)c2)s1. The number of benzene rings is 1. The van der Waals surface area contributed by atoms with E-state index < -0.39 is 0 Å². The highest BCUT2D eigenvalue weighted by molar-refractivity contribution is 7.13. The number of aromatic nitrogens is 1. The van der Waals surface area contributed by atoms with Gasteiger partial charge in [-0.1, -0.05) is 18.2 Å². The van der Waals surface area contributed by atoms with Crippen LogP contribution in [0.3, 0.4) is 0 Å². The van der Waals surface area contributed by atoms with Crippen molar-refractivity contribution in [2.45, 2.75) is 27.2 Å². The topological polar surface area (TPSA) is 30.0 Å². The van der Waals surface area contributed by atoms with Crippen LogP contribution in [0.5, 0.6) is 0 Å². The molecule has 0 saturated carbocycles. The molecule has 17 heavy (non-hydrogen) atoms. The van der Waals surface area contributed by atoms with Crippen LogP contribution in [0.2, 0.25) is 0 Å². The van der Waals surface area contributed by atoms with Crippen molar-refractivity contribution in [3.8, 4) is 0 Å². The van der Waals surface area contributed by atoms with Gasteiger partial charge in [-0.25, -0.2) is 4.98 Å². The highest BCUT2D eigenvalue weighted by Gasteiger charge is 2.10. The zero-order valence-electron chi connectivity index (χ0n) is 10.3. The second-order valence-electron chi connectivity index (χ2n) is 4.26. The molecule has 0 radical (unpaired) electrons. The van der Waals surface area contributed by atoms with Crippen molar-refractivity contribution in [3.05, 3.63) is 51.0 Å². The van der Waals surface area contributed by atoms with E-state index in [1.807, 2.05) is 13.0 Å². The average molecular weight is 245 g/mol. The number of carbonyl (C=O) groups is 1. The summed E-state index contributed by atoms with van der Waals surface area (Å²) in [6, 6.07) is 6.17. The van der Waals surface area contributed by atoms with Crippen LogP contribution < -0.4 is 0 Å². The summed E-state index contributed by atoms with van der Waals surface area (Å²) < 4.78 is 0. The summed E-state index contributed by atoms with van der Waals surface area (Å²) in [4.78, 5) is 16.9. The van der Waals surface area contributed by atoms with Gasteiger partial charge < -0.3 is 0 Å². The lowest BCUT2D eigenvalue weighted by Gasteiger charge is -2.03. The second-order valence-corrected chi connectivity index (χ2v) is 5.50. The molecule has 88 valence electrons. The molecule has 0 N–H and O–H groups in total. The molecule has 0 bridgehead atoms. The zero-order valence-corrected chi connectivity index (χ0v) is 11.1. The number of carbonyl (C=O) groups excluding carboxylic acids is 1. The number of aryl methyl sites for hydroxylation is 3. The van der Waals surface area contributed by atoms with Crippen molar-refractivity contribution in [1.82, 2.24) is 4.98 Å². The number of nitrogens with zero attached hydrogens (tertiary/aromatic N) is 1. The van der Waals surface area contributed by atoms with Crippen molar-refractivity contribution < 1.29 is 4.79 Å². The number of thiazole rings is 1. The fourth-order valence-corrected chi connectivity index (χ4v) is 2.39. The maximum Gasteiger partial charge on any atom is 0.178 e. The molecular weight excluding hydrogens is 230 g/mol. The van der Waals surface area contributed by atoms with E-state index in [-0.39, 0.29) is 5.78 Å². The van der Waals surface area contributed by atoms with Crippen LogP contribution in [0.25, 0.3) is 0 Å². The molecule has 1 aromatic heterocycles. The minimum atomic E-state index is 0.152. The van der Waals surface area contributed by atoms with Gasteiger partial charge in [0.1, 0.15) is 0 Å². The molecule has 2 aromatic rings. The number of rotatable bonds is 3. The molecule has 1 aromatic carbocycles. The summed E-state index contributed by atoms with van der Waals surface area (Å²) in [6.07, 6.45) is 2.13. The van der Waals surface area contributed by atoms with Crippen LogP contribution in [0.4, 0.5) is 0 Å². The first-order chi connectivity index (χ1) is 8.06. The van der Waals surface area contributed by atoms with E-state index in [4.69, 9.17) is 0 Å². The van der Waals surface area contributed by atoms with E-state index in [2.05, 4.69) is 31.0 Å². The molecule has 0 aliphatic heterocycles. The van der Waals surface area contributed by atoms with E-state index in [1.54, 1.807) is 6.20 Å². The minimum Gasteiger partial charge on any atom is -0.293 e. The first-order valence-corrected chi connectivity index (χ1v) is 6.39. The van der Waals surface area contributed by atoms with E-state index in [0.717, 1.165) is 15.4 Å². The van der Waals surface area contributed by atoms with Crippen LogP contribution in [-0.2, 0) is 6.42 Å². The Kier molecular flexibility index (Phi) is 3.38. The Morgan fingerprint density at radius 3 is 2.59 bits per heavy atom. The van der Waals surface area contributed by atoms with E-state index in [9.17, 15) is 4.79 Å². The monoisotopic (exact) mass is 245 g/mol. The molecule has 0 atom stereocenters. The Bertz CT molecular complexity index is 557. The van der Waals surface area contributed by atoms with Gasteiger partial charge in [-0.15, -0.1) is 11.3 Å². The summed E-state index contributed by atoms with van der Waals surface area (Å²) in [5, 5.41) is 0.938. The van der Waals surface area contributed by atoms with Crippen molar-refractivity contribution in [3.63, 3.8) is 0 Å². The summed E-state index contributed by atoms with van der Waals surface area (Å²) in [5.41, 5.74) is 3.56. The van der Waals surface area contributed by atoms with Gasteiger partial charge in [0.2, 0.25) is 0 Å². The van der Waals surface area contributed by atoms with Gasteiger partial charge in [0, 0.05) is 12.6 Å². The van der Waals surface area contributed by atoms with Gasteiger partial charge in [0.25, 0.3) is 0 Å². The lowest BCUT2D eigenvalue weighted by atomic mass is 10.0. The lowest BCUT2D eigenvalue weighted by molar-refractivity contribution is 0.0996. The van der Waals surface area contributed by atoms with Crippen LogP contribution in [0.1, 0.15) is 31.4 Å². The minimum absolute atomic E-state index is 0.152. The van der Waals surface area contributed by atoms with Crippen molar-refractivity contribution in [1.29, 1.82) is 0 Å². The maximum absolute atomic E-state index is 12.0. The summed E-state index contributed by atoms with van der Waals surface area (Å²) in [5.74, 6) is 0.152. The third-order valence-electron chi connectivity index (χ3n) is 2.83. The van der Waals surface area contributed by atoms with E-state index >= 15 is 0 Å². The first-order valence-electron chi connectivity index (χ1n) is 5.58. The van der Waals surface area contributed by atoms with Gasteiger partial charge >= 0.3 is 0 Å². The Balaban J connectivity index is 2.15. The summed E-state index contributed by atoms with van der Waals surface area (Å²) >= 11 is 1.46. The predicted molar refractivity (Wildman–Crippen MR) is 70.8 cm³/mol. The third kappa shape index (κ3) is 2.80. The van der Waals surface area contributed by atoms with Crippen LogP contribution >= 0.6 is 11.3 Å². The van der Waals surface area contributed by atoms with Gasteiger partial charge in [0.15, 0.2) is 5.78 Å². The van der Waals surface area contributed by atoms with Crippen LogP contribution in [-0.4, -0.2) is 10.8 Å². The van der Waals surface area contributed by atoms with E-state index in [1.165, 1.54) is 22.5 Å². The number of hydrogen-bond acceptors (Lipinski definition) is 3. The normalized spacial score (nSPS) is 10.5. The van der Waals surface area contributed by atoms with Gasteiger partial charge in [-0.05, 0) is 37.5 Å². The Labute approximate surface area is 105 Å². The number of Topliss-reactive ketones (excluding diaryl/α,β-unsaturated/α-hetero) is 1. The van der Waals surface area contributed by atoms with Gasteiger partial charge in [-0.3, -0.25) is 4.79 Å². The van der Waals surface area contributed by atoms with Crippen molar-refractivity contribution in [2.75, 3.05) is 0 Å². The molecule has 2 rings (SSSR count). The lowest BCUT2D eigenvalue weighted by Crippen LogP contribution is -2.01. The maximum atomic E-state index is 12.0. The van der Waals surface area contributed by atoms with Gasteiger partial charge in [-0.2, -0.15) is 0 Å². The molecule has 0 amide bonds. The summed E-state index contributed by atoms with van der Waals surface area (Å²) in [6.45, 7) is 6.06. The smallest absolute Gasteiger partial charge is 0.178 e. The quantitative estimate of drug-likeness (QED) is 0.775. The molecule has 0 unspecified atom stereocenters. The molecule has 0 aliphatic rings. The summed E-state index contributed by atoms with van der Waals surface area (Å²) in [7, 11) is 0. The molecule has 3 heteroatoms. The fraction of sp³-hybridized carbons (Fsp3) is 0.286. The fourth-order valence-electron chi connectivity index (χ4n) is 1.68. The van der Waals surface area contributed by atoms with E-state index in [0.29, 0.717) is 6.42 Å². The molecule has 0 fully saturated rings. The Morgan fingerprint density at radius 2 is 2.00 bits per heavy atom. The molecule has 0 saturated heterocycles. The Hall–Kier alpha value is -1.48. The van der Waals surface area contributed by atoms with Crippen molar-refractivity contribution in [2.24, 2.45) is 0 Å². The third-order valence-corrected chi connectivity index (χ3v) is 3.79. The molecular formula is C14H15NOS. The molecule has 0 aliphatic carbocycles. The van der Waals surface area contributed by atoms with Crippen LogP contribution in [0, 0.1) is 20.8 Å². The average Bonchev–Trinajstić information content (AvgIpc) is 2.70.